The fourth-order valence-electron chi connectivity index (χ4n) is 2.66. The molecule has 1 aromatic heterocycles. The molecule has 0 amide bonds. The van der Waals surface area contributed by atoms with Crippen molar-refractivity contribution in [2.24, 2.45) is 0 Å². The van der Waals surface area contributed by atoms with Gasteiger partial charge in [0.05, 0.1) is 18.9 Å². The van der Waals surface area contributed by atoms with Crippen LogP contribution in [0.3, 0.4) is 0 Å². The number of anilines is 4. The van der Waals surface area contributed by atoms with Crippen molar-refractivity contribution in [1.82, 2.24) is 15.2 Å². The predicted molar refractivity (Wildman–Crippen MR) is 102 cm³/mol. The second kappa shape index (κ2) is 7.78. The molecule has 3 aromatic rings. The molecular formula is C19H17N5O4. The van der Waals surface area contributed by atoms with Gasteiger partial charge in [-0.3, -0.25) is 0 Å². The van der Waals surface area contributed by atoms with Crippen molar-refractivity contribution in [2.75, 3.05) is 31.0 Å². The van der Waals surface area contributed by atoms with E-state index < -0.39 is 5.97 Å². The number of nitrogens with one attached hydrogen (secondary N) is 2. The molecule has 0 saturated heterocycles. The Balaban J connectivity index is 1.50. The zero-order valence-electron chi connectivity index (χ0n) is 15.0. The van der Waals surface area contributed by atoms with E-state index in [4.69, 9.17) is 14.2 Å². The Kier molecular flexibility index (Phi) is 4.87. The van der Waals surface area contributed by atoms with E-state index in [1.165, 1.54) is 13.3 Å². The molecule has 0 saturated carbocycles. The molecule has 1 aliphatic heterocycles. The van der Waals surface area contributed by atoms with Crippen molar-refractivity contribution >= 4 is 29.1 Å². The first-order valence-corrected chi connectivity index (χ1v) is 8.53. The summed E-state index contributed by atoms with van der Waals surface area (Å²) in [5, 5.41) is 14.1. The Morgan fingerprint density at radius 3 is 2.71 bits per heavy atom. The molecule has 0 unspecified atom stereocenters. The third-order valence-electron chi connectivity index (χ3n) is 3.91. The molecule has 2 heterocycles. The van der Waals surface area contributed by atoms with E-state index >= 15 is 0 Å². The third-order valence-corrected chi connectivity index (χ3v) is 3.91. The van der Waals surface area contributed by atoms with Crippen molar-refractivity contribution in [3.8, 4) is 11.5 Å². The molecule has 142 valence electrons. The Labute approximate surface area is 160 Å². The van der Waals surface area contributed by atoms with Crippen LogP contribution in [0.2, 0.25) is 0 Å². The second-order valence-corrected chi connectivity index (χ2v) is 5.85. The number of hydrogen-bond acceptors (Lipinski definition) is 9. The van der Waals surface area contributed by atoms with Crippen LogP contribution < -0.4 is 20.1 Å². The maximum atomic E-state index is 11.7. The summed E-state index contributed by atoms with van der Waals surface area (Å²) in [5.74, 6) is 1.75. The Morgan fingerprint density at radius 2 is 1.86 bits per heavy atom. The molecule has 28 heavy (non-hydrogen) atoms. The van der Waals surface area contributed by atoms with Gasteiger partial charge in [-0.2, -0.15) is 10.1 Å². The van der Waals surface area contributed by atoms with Gasteiger partial charge in [0.2, 0.25) is 5.95 Å². The first kappa shape index (κ1) is 17.5. The molecule has 1 aliphatic rings. The summed E-state index contributed by atoms with van der Waals surface area (Å²) in [7, 11) is 1.34. The van der Waals surface area contributed by atoms with Gasteiger partial charge in [-0.15, -0.1) is 5.10 Å². The summed E-state index contributed by atoms with van der Waals surface area (Å²) in [4.78, 5) is 16.0. The molecule has 2 aromatic carbocycles. The van der Waals surface area contributed by atoms with Gasteiger partial charge in [0.25, 0.3) is 0 Å². The number of ether oxygens (including phenoxy) is 3. The van der Waals surface area contributed by atoms with Gasteiger partial charge in [0, 0.05) is 17.4 Å². The van der Waals surface area contributed by atoms with Crippen molar-refractivity contribution in [2.45, 2.75) is 0 Å². The van der Waals surface area contributed by atoms with Gasteiger partial charge >= 0.3 is 5.97 Å². The van der Waals surface area contributed by atoms with Crippen LogP contribution in [0.4, 0.5) is 23.1 Å². The topological polar surface area (TPSA) is 107 Å². The van der Waals surface area contributed by atoms with Crippen LogP contribution in [0.15, 0.2) is 48.7 Å². The number of benzene rings is 2. The smallest absolute Gasteiger partial charge is 0.337 e. The van der Waals surface area contributed by atoms with E-state index in [0.29, 0.717) is 41.8 Å². The second-order valence-electron chi connectivity index (χ2n) is 5.85. The van der Waals surface area contributed by atoms with Gasteiger partial charge in [0.15, 0.2) is 17.3 Å². The first-order chi connectivity index (χ1) is 13.7. The van der Waals surface area contributed by atoms with E-state index in [1.807, 2.05) is 18.2 Å². The lowest BCUT2D eigenvalue weighted by Crippen LogP contribution is -2.15. The predicted octanol–water partition coefficient (Wildman–Crippen LogP) is 2.92. The van der Waals surface area contributed by atoms with Gasteiger partial charge in [-0.05, 0) is 30.3 Å². The van der Waals surface area contributed by atoms with Crippen molar-refractivity contribution in [1.29, 1.82) is 0 Å². The average molecular weight is 379 g/mol. The van der Waals surface area contributed by atoms with Crippen molar-refractivity contribution < 1.29 is 19.0 Å². The number of carbonyl (C=O) groups excluding carboxylic acids is 1. The van der Waals surface area contributed by atoms with Crippen LogP contribution in [0.1, 0.15) is 10.4 Å². The lowest BCUT2D eigenvalue weighted by Gasteiger charge is -2.19. The molecule has 0 bridgehead atoms. The van der Waals surface area contributed by atoms with Crippen LogP contribution in [-0.4, -0.2) is 41.5 Å². The highest BCUT2D eigenvalue weighted by Gasteiger charge is 2.12. The van der Waals surface area contributed by atoms with Crippen molar-refractivity contribution in [3.05, 3.63) is 54.2 Å². The maximum absolute atomic E-state index is 11.7. The summed E-state index contributed by atoms with van der Waals surface area (Å²) in [5.41, 5.74) is 1.84. The van der Waals surface area contributed by atoms with Gasteiger partial charge < -0.3 is 24.8 Å². The monoisotopic (exact) mass is 379 g/mol. The molecule has 0 atom stereocenters. The van der Waals surface area contributed by atoms with Crippen LogP contribution >= 0.6 is 0 Å². The highest BCUT2D eigenvalue weighted by molar-refractivity contribution is 5.90. The molecule has 0 fully saturated rings. The quantitative estimate of drug-likeness (QED) is 0.647. The largest absolute Gasteiger partial charge is 0.486 e. The molecule has 9 heteroatoms. The van der Waals surface area contributed by atoms with Crippen LogP contribution in [0, 0.1) is 0 Å². The lowest BCUT2D eigenvalue weighted by molar-refractivity contribution is 0.0601. The highest BCUT2D eigenvalue weighted by atomic mass is 16.6. The first-order valence-electron chi connectivity index (χ1n) is 8.53. The Hall–Kier alpha value is -3.88. The number of fused-ring (bicyclic) bond motifs is 1. The maximum Gasteiger partial charge on any atom is 0.337 e. The van der Waals surface area contributed by atoms with Crippen LogP contribution in [0.25, 0.3) is 0 Å². The number of aromatic nitrogens is 3. The molecule has 2 N–H and O–H groups in total. The van der Waals surface area contributed by atoms with E-state index in [0.717, 1.165) is 5.69 Å². The van der Waals surface area contributed by atoms with Gasteiger partial charge in [-0.1, -0.05) is 6.07 Å². The Bertz CT molecular complexity index is 1010. The fourth-order valence-corrected chi connectivity index (χ4v) is 2.66. The molecular weight excluding hydrogens is 362 g/mol. The molecule has 9 nitrogen and oxygen atoms in total. The van der Waals surface area contributed by atoms with E-state index in [-0.39, 0.29) is 5.95 Å². The van der Waals surface area contributed by atoms with Crippen LogP contribution in [0.5, 0.6) is 11.5 Å². The summed E-state index contributed by atoms with van der Waals surface area (Å²) in [6.07, 6.45) is 1.51. The average Bonchev–Trinajstić information content (AvgIpc) is 2.73. The van der Waals surface area contributed by atoms with Gasteiger partial charge in [-0.25, -0.2) is 4.79 Å². The van der Waals surface area contributed by atoms with Crippen molar-refractivity contribution in [3.63, 3.8) is 0 Å². The minimum atomic E-state index is -0.420. The lowest BCUT2D eigenvalue weighted by atomic mass is 10.2. The minimum Gasteiger partial charge on any atom is -0.486 e. The molecule has 4 rings (SSSR count). The number of rotatable bonds is 5. The number of carbonyl (C=O) groups is 1. The summed E-state index contributed by atoms with van der Waals surface area (Å²) < 4.78 is 15.8. The minimum absolute atomic E-state index is 0.282. The number of methoxy groups -OCH3 is 1. The SMILES string of the molecule is COC(=O)c1cccc(Nc2nncc(Nc3ccc4c(c3)OCCO4)n2)c1. The summed E-state index contributed by atoms with van der Waals surface area (Å²) in [6, 6.07) is 12.4. The fraction of sp³-hybridized carbons (Fsp3) is 0.158. The van der Waals surface area contributed by atoms with Gasteiger partial charge in [0.1, 0.15) is 13.2 Å². The van der Waals surface area contributed by atoms with E-state index in [9.17, 15) is 4.79 Å². The zero-order valence-corrected chi connectivity index (χ0v) is 15.0. The third kappa shape index (κ3) is 3.93. The number of nitrogens with zero attached hydrogens (tertiary/aromatic N) is 3. The van der Waals surface area contributed by atoms with E-state index in [1.54, 1.807) is 24.3 Å². The zero-order chi connectivity index (χ0) is 19.3. The highest BCUT2D eigenvalue weighted by Crippen LogP contribution is 2.33. The molecule has 0 radical (unpaired) electrons. The number of esters is 1. The van der Waals surface area contributed by atoms with E-state index in [2.05, 4.69) is 25.8 Å². The summed E-state index contributed by atoms with van der Waals surface area (Å²) >= 11 is 0. The summed E-state index contributed by atoms with van der Waals surface area (Å²) in [6.45, 7) is 1.06. The standard InChI is InChI=1S/C19H17N5O4/c1-26-18(25)12-3-2-4-13(9-12)22-19-23-17(11-20-24-19)21-14-5-6-15-16(10-14)28-8-7-27-15/h2-6,9-11H,7-8H2,1H3,(H2,21,22,23,24). The van der Waals surface area contributed by atoms with Crippen LogP contribution in [-0.2, 0) is 4.74 Å². The molecule has 0 spiro atoms. The molecule has 0 aliphatic carbocycles. The normalized spacial score (nSPS) is 12.2. The Morgan fingerprint density at radius 1 is 1.04 bits per heavy atom. The number of hydrogen-bond donors (Lipinski definition) is 2.